The average Bonchev–Trinajstić information content (AvgIpc) is 2.82. The number of aryl methyl sites for hydroxylation is 3. The van der Waals surface area contributed by atoms with Crippen LogP contribution in [0.15, 0.2) is 11.4 Å². The Balaban J connectivity index is 2.22. The van der Waals surface area contributed by atoms with Gasteiger partial charge < -0.3 is 5.73 Å². The number of aromatic nitrogens is 1. The molecule has 0 saturated heterocycles. The van der Waals surface area contributed by atoms with Gasteiger partial charge in [0.25, 0.3) is 0 Å². The highest BCUT2D eigenvalue weighted by Crippen LogP contribution is 2.34. The molecule has 4 heteroatoms. The average molecular weight is 266 g/mol. The summed E-state index contributed by atoms with van der Waals surface area (Å²) in [5.74, 6) is 0. The molecule has 0 fully saturated rings. The third-order valence-electron chi connectivity index (χ3n) is 2.78. The lowest BCUT2D eigenvalue weighted by molar-refractivity contribution is 0.668. The van der Waals surface area contributed by atoms with Crippen LogP contribution in [0.25, 0.3) is 9.88 Å². The minimum atomic E-state index is 0.267. The molecule has 0 spiro atoms. The zero-order valence-electron chi connectivity index (χ0n) is 10.5. The predicted octanol–water partition coefficient (Wildman–Crippen LogP) is 3.77. The Morgan fingerprint density at radius 3 is 2.76 bits per heavy atom. The number of thiazole rings is 1. The summed E-state index contributed by atoms with van der Waals surface area (Å²) in [6.45, 7) is 6.30. The van der Waals surface area contributed by atoms with Crippen LogP contribution in [0.1, 0.15) is 29.5 Å². The number of nitrogens with two attached hydrogens (primary N) is 1. The summed E-state index contributed by atoms with van der Waals surface area (Å²) in [7, 11) is 0. The zero-order valence-corrected chi connectivity index (χ0v) is 12.1. The Hall–Kier alpha value is -0.710. The van der Waals surface area contributed by atoms with E-state index in [1.54, 1.807) is 11.3 Å². The number of hydrogen-bond donors (Lipinski definition) is 1. The largest absolute Gasteiger partial charge is 0.328 e. The van der Waals surface area contributed by atoms with Gasteiger partial charge in [-0.05, 0) is 50.6 Å². The van der Waals surface area contributed by atoms with E-state index < -0.39 is 0 Å². The Bertz CT molecular complexity index is 497. The molecule has 2 N–H and O–H groups in total. The molecule has 2 aromatic rings. The van der Waals surface area contributed by atoms with Crippen LogP contribution < -0.4 is 5.73 Å². The summed E-state index contributed by atoms with van der Waals surface area (Å²) in [5, 5.41) is 3.29. The third-order valence-corrected chi connectivity index (χ3v) is 5.16. The molecule has 0 aliphatic rings. The summed E-state index contributed by atoms with van der Waals surface area (Å²) >= 11 is 3.59. The highest BCUT2D eigenvalue weighted by Gasteiger charge is 2.12. The molecule has 92 valence electrons. The molecule has 2 rings (SSSR count). The van der Waals surface area contributed by atoms with Gasteiger partial charge in [-0.2, -0.15) is 0 Å². The topological polar surface area (TPSA) is 38.9 Å². The van der Waals surface area contributed by atoms with Crippen molar-refractivity contribution < 1.29 is 0 Å². The van der Waals surface area contributed by atoms with Crippen molar-refractivity contribution in [3.8, 4) is 9.88 Å². The molecule has 2 nitrogen and oxygen atoms in total. The Labute approximate surface area is 111 Å². The van der Waals surface area contributed by atoms with Crippen LogP contribution in [-0.4, -0.2) is 11.0 Å². The Kier molecular flexibility index (Phi) is 3.97. The molecule has 0 amide bonds. The zero-order chi connectivity index (χ0) is 12.4. The monoisotopic (exact) mass is 266 g/mol. The SMILES string of the molecule is Cc1ccsc1-c1nc(C)c(CCC(C)N)s1. The van der Waals surface area contributed by atoms with E-state index in [2.05, 4.69) is 37.2 Å². The maximum Gasteiger partial charge on any atom is 0.134 e. The highest BCUT2D eigenvalue weighted by atomic mass is 32.1. The standard InChI is InChI=1S/C13H18N2S2/c1-8-6-7-16-12(8)13-15-10(3)11(17-13)5-4-9(2)14/h6-7,9H,4-5,14H2,1-3H3. The second kappa shape index (κ2) is 5.29. The quantitative estimate of drug-likeness (QED) is 0.915. The molecule has 2 heterocycles. The van der Waals surface area contributed by atoms with Crippen LogP contribution >= 0.6 is 22.7 Å². The number of nitrogens with zero attached hydrogens (tertiary/aromatic N) is 1. The van der Waals surface area contributed by atoms with Gasteiger partial charge in [-0.15, -0.1) is 22.7 Å². The molecule has 0 bridgehead atoms. The van der Waals surface area contributed by atoms with Crippen LogP contribution in [0.5, 0.6) is 0 Å². The van der Waals surface area contributed by atoms with E-state index in [1.807, 2.05) is 11.3 Å². The second-order valence-corrected chi connectivity index (χ2v) is 6.48. The van der Waals surface area contributed by atoms with Crippen molar-refractivity contribution in [2.75, 3.05) is 0 Å². The summed E-state index contributed by atoms with van der Waals surface area (Å²) in [6.07, 6.45) is 2.08. The lowest BCUT2D eigenvalue weighted by atomic mass is 10.1. The molecular weight excluding hydrogens is 248 g/mol. The van der Waals surface area contributed by atoms with Crippen molar-refractivity contribution in [1.29, 1.82) is 0 Å². The van der Waals surface area contributed by atoms with Gasteiger partial charge in [0, 0.05) is 10.9 Å². The second-order valence-electron chi connectivity index (χ2n) is 4.48. The van der Waals surface area contributed by atoms with E-state index in [9.17, 15) is 0 Å². The molecule has 1 unspecified atom stereocenters. The van der Waals surface area contributed by atoms with Crippen molar-refractivity contribution in [3.63, 3.8) is 0 Å². The van der Waals surface area contributed by atoms with Crippen molar-refractivity contribution in [1.82, 2.24) is 4.98 Å². The molecule has 0 radical (unpaired) electrons. The van der Waals surface area contributed by atoms with Crippen molar-refractivity contribution >= 4 is 22.7 Å². The Morgan fingerprint density at radius 2 is 2.18 bits per heavy atom. The maximum atomic E-state index is 5.80. The van der Waals surface area contributed by atoms with Crippen LogP contribution in [0.4, 0.5) is 0 Å². The molecule has 0 aliphatic carbocycles. The fourth-order valence-corrected chi connectivity index (χ4v) is 3.87. The first-order chi connectivity index (χ1) is 8.08. The van der Waals surface area contributed by atoms with E-state index >= 15 is 0 Å². The van der Waals surface area contributed by atoms with E-state index in [0.717, 1.165) is 17.8 Å². The van der Waals surface area contributed by atoms with Gasteiger partial charge in [0.15, 0.2) is 0 Å². The predicted molar refractivity (Wildman–Crippen MR) is 76.9 cm³/mol. The van der Waals surface area contributed by atoms with Crippen molar-refractivity contribution in [2.24, 2.45) is 5.73 Å². The van der Waals surface area contributed by atoms with Crippen LogP contribution in [0.2, 0.25) is 0 Å². The highest BCUT2D eigenvalue weighted by molar-refractivity contribution is 7.21. The van der Waals surface area contributed by atoms with E-state index in [-0.39, 0.29) is 6.04 Å². The van der Waals surface area contributed by atoms with Gasteiger partial charge in [0.2, 0.25) is 0 Å². The first-order valence-corrected chi connectivity index (χ1v) is 7.54. The van der Waals surface area contributed by atoms with E-state index in [4.69, 9.17) is 5.73 Å². The molecule has 0 saturated carbocycles. The summed E-state index contributed by atoms with van der Waals surface area (Å²) in [4.78, 5) is 7.37. The van der Waals surface area contributed by atoms with Crippen molar-refractivity contribution in [2.45, 2.75) is 39.7 Å². The summed E-state index contributed by atoms with van der Waals surface area (Å²) in [6, 6.07) is 2.42. The normalized spacial score (nSPS) is 12.9. The smallest absolute Gasteiger partial charge is 0.134 e. The molecular formula is C13H18N2S2. The lowest BCUT2D eigenvalue weighted by Crippen LogP contribution is -2.15. The summed E-state index contributed by atoms with van der Waals surface area (Å²) in [5.41, 5.74) is 8.29. The van der Waals surface area contributed by atoms with Crippen molar-refractivity contribution in [3.05, 3.63) is 27.6 Å². The van der Waals surface area contributed by atoms with Crippen LogP contribution in [0.3, 0.4) is 0 Å². The first kappa shape index (κ1) is 12.7. The number of rotatable bonds is 4. The van der Waals surface area contributed by atoms with E-state index in [0.29, 0.717) is 0 Å². The van der Waals surface area contributed by atoms with E-state index in [1.165, 1.54) is 21.0 Å². The van der Waals surface area contributed by atoms with Crippen LogP contribution in [-0.2, 0) is 6.42 Å². The lowest BCUT2D eigenvalue weighted by Gasteiger charge is -2.02. The molecule has 17 heavy (non-hydrogen) atoms. The first-order valence-electron chi connectivity index (χ1n) is 5.84. The number of hydrogen-bond acceptors (Lipinski definition) is 4. The molecule has 2 aromatic heterocycles. The minimum Gasteiger partial charge on any atom is -0.328 e. The van der Waals surface area contributed by atoms with Gasteiger partial charge in [-0.3, -0.25) is 0 Å². The summed E-state index contributed by atoms with van der Waals surface area (Å²) < 4.78 is 0. The minimum absolute atomic E-state index is 0.267. The van der Waals surface area contributed by atoms with Gasteiger partial charge in [-0.25, -0.2) is 4.98 Å². The van der Waals surface area contributed by atoms with Gasteiger partial charge in [-0.1, -0.05) is 0 Å². The molecule has 1 atom stereocenters. The molecule has 0 aliphatic heterocycles. The fourth-order valence-electron chi connectivity index (χ4n) is 1.71. The van der Waals surface area contributed by atoms with Gasteiger partial charge >= 0.3 is 0 Å². The number of thiophene rings is 1. The van der Waals surface area contributed by atoms with Gasteiger partial charge in [0.1, 0.15) is 5.01 Å². The van der Waals surface area contributed by atoms with Gasteiger partial charge in [0.05, 0.1) is 10.6 Å². The van der Waals surface area contributed by atoms with Crippen LogP contribution in [0, 0.1) is 13.8 Å². The Morgan fingerprint density at radius 1 is 1.41 bits per heavy atom. The molecule has 0 aromatic carbocycles. The maximum absolute atomic E-state index is 5.80. The third kappa shape index (κ3) is 2.94. The fraction of sp³-hybridized carbons (Fsp3) is 0.462.